The normalized spacial score (nSPS) is 15.6. The van der Waals surface area contributed by atoms with E-state index >= 15 is 0 Å². The Morgan fingerprint density at radius 1 is 1.12 bits per heavy atom. The summed E-state index contributed by atoms with van der Waals surface area (Å²) in [6.45, 7) is 6.39. The predicted molar refractivity (Wildman–Crippen MR) is 99.7 cm³/mol. The number of hydrogen-bond acceptors (Lipinski definition) is 4. The maximum Gasteiger partial charge on any atom is 0.269 e. The van der Waals surface area contributed by atoms with E-state index in [0.29, 0.717) is 11.8 Å². The molecule has 1 aliphatic rings. The Labute approximate surface area is 149 Å². The van der Waals surface area contributed by atoms with Crippen molar-refractivity contribution in [3.63, 3.8) is 0 Å². The van der Waals surface area contributed by atoms with Gasteiger partial charge in [0.05, 0.1) is 0 Å². The van der Waals surface area contributed by atoms with E-state index in [1.54, 1.807) is 6.07 Å². The molecular weight excluding hydrogens is 312 g/mol. The van der Waals surface area contributed by atoms with E-state index < -0.39 is 5.91 Å². The standard InChI is InChI=1S/C20H26N4O/c1-14(2)17-5-3-15(4-6-17)13-16-9-11-24(12-10-16)19-8-7-18(20(21)25)22-23-19/h3-8,14,16H,9-13H2,1-2H3,(H2,21,25). The van der Waals surface area contributed by atoms with Crippen LogP contribution in [0.25, 0.3) is 0 Å². The second-order valence-electron chi connectivity index (χ2n) is 7.17. The summed E-state index contributed by atoms with van der Waals surface area (Å²) in [6.07, 6.45) is 3.43. The molecule has 0 radical (unpaired) electrons. The van der Waals surface area contributed by atoms with Crippen molar-refractivity contribution in [2.45, 2.75) is 39.0 Å². The van der Waals surface area contributed by atoms with E-state index in [9.17, 15) is 4.79 Å². The molecule has 5 heteroatoms. The van der Waals surface area contributed by atoms with E-state index in [1.807, 2.05) is 6.07 Å². The number of aromatic nitrogens is 2. The van der Waals surface area contributed by atoms with Crippen molar-refractivity contribution in [2.75, 3.05) is 18.0 Å². The monoisotopic (exact) mass is 338 g/mol. The van der Waals surface area contributed by atoms with Crippen LogP contribution in [0.3, 0.4) is 0 Å². The summed E-state index contributed by atoms with van der Waals surface area (Å²) in [6, 6.07) is 12.5. The molecule has 1 fully saturated rings. The van der Waals surface area contributed by atoms with Crippen LogP contribution < -0.4 is 10.6 Å². The Hall–Kier alpha value is -2.43. The lowest BCUT2D eigenvalue weighted by molar-refractivity contribution is 0.0994. The van der Waals surface area contributed by atoms with Crippen LogP contribution >= 0.6 is 0 Å². The van der Waals surface area contributed by atoms with Gasteiger partial charge in [0.2, 0.25) is 0 Å². The topological polar surface area (TPSA) is 72.1 Å². The predicted octanol–water partition coefficient (Wildman–Crippen LogP) is 3.16. The van der Waals surface area contributed by atoms with Crippen molar-refractivity contribution in [2.24, 2.45) is 11.7 Å². The summed E-state index contributed by atoms with van der Waals surface area (Å²) in [7, 11) is 0. The summed E-state index contributed by atoms with van der Waals surface area (Å²) in [5, 5.41) is 8.03. The zero-order valence-electron chi connectivity index (χ0n) is 15.0. The van der Waals surface area contributed by atoms with E-state index in [0.717, 1.165) is 38.2 Å². The molecule has 1 saturated heterocycles. The fourth-order valence-corrected chi connectivity index (χ4v) is 3.36. The first-order chi connectivity index (χ1) is 12.0. The van der Waals surface area contributed by atoms with Crippen LogP contribution in [0, 0.1) is 5.92 Å². The van der Waals surface area contributed by atoms with Gasteiger partial charge in [0, 0.05) is 13.1 Å². The van der Waals surface area contributed by atoms with Gasteiger partial charge in [-0.3, -0.25) is 4.79 Å². The van der Waals surface area contributed by atoms with Gasteiger partial charge in [0.25, 0.3) is 5.91 Å². The van der Waals surface area contributed by atoms with Crippen molar-refractivity contribution < 1.29 is 4.79 Å². The van der Waals surface area contributed by atoms with Gasteiger partial charge < -0.3 is 10.6 Å². The highest BCUT2D eigenvalue weighted by Crippen LogP contribution is 2.25. The molecule has 0 bridgehead atoms. The number of primary amides is 1. The smallest absolute Gasteiger partial charge is 0.269 e. The molecule has 1 amide bonds. The Bertz CT molecular complexity index is 701. The third-order valence-corrected chi connectivity index (χ3v) is 5.01. The van der Waals surface area contributed by atoms with Crippen molar-refractivity contribution in [1.82, 2.24) is 10.2 Å². The van der Waals surface area contributed by atoms with Crippen LogP contribution in [0.2, 0.25) is 0 Å². The van der Waals surface area contributed by atoms with E-state index in [4.69, 9.17) is 5.73 Å². The van der Waals surface area contributed by atoms with Gasteiger partial charge in [-0.25, -0.2) is 0 Å². The number of carbonyl (C=O) groups is 1. The fourth-order valence-electron chi connectivity index (χ4n) is 3.36. The Morgan fingerprint density at radius 3 is 2.32 bits per heavy atom. The first-order valence-corrected chi connectivity index (χ1v) is 9.00. The summed E-state index contributed by atoms with van der Waals surface area (Å²) in [5.41, 5.74) is 8.24. The van der Waals surface area contributed by atoms with Gasteiger partial charge >= 0.3 is 0 Å². The number of hydrogen-bond donors (Lipinski definition) is 1. The zero-order chi connectivity index (χ0) is 17.8. The van der Waals surface area contributed by atoms with Crippen molar-refractivity contribution in [1.29, 1.82) is 0 Å². The molecule has 1 aromatic heterocycles. The summed E-state index contributed by atoms with van der Waals surface area (Å²) >= 11 is 0. The number of piperidine rings is 1. The Morgan fingerprint density at radius 2 is 1.80 bits per heavy atom. The lowest BCUT2D eigenvalue weighted by Crippen LogP contribution is -2.35. The minimum absolute atomic E-state index is 0.212. The lowest BCUT2D eigenvalue weighted by Gasteiger charge is -2.32. The first kappa shape index (κ1) is 17.4. The van der Waals surface area contributed by atoms with E-state index in [2.05, 4.69) is 53.2 Å². The molecule has 0 atom stereocenters. The van der Waals surface area contributed by atoms with Crippen LogP contribution in [0.15, 0.2) is 36.4 Å². The van der Waals surface area contributed by atoms with Gasteiger partial charge in [-0.05, 0) is 54.4 Å². The molecule has 5 nitrogen and oxygen atoms in total. The van der Waals surface area contributed by atoms with Gasteiger partial charge in [0.15, 0.2) is 11.5 Å². The molecule has 25 heavy (non-hydrogen) atoms. The molecule has 3 rings (SSSR count). The Kier molecular flexibility index (Phi) is 5.31. The summed E-state index contributed by atoms with van der Waals surface area (Å²) in [5.74, 6) is 1.57. The minimum Gasteiger partial charge on any atom is -0.364 e. The van der Waals surface area contributed by atoms with E-state index in [1.165, 1.54) is 11.1 Å². The number of rotatable bonds is 5. The average Bonchev–Trinajstić information content (AvgIpc) is 2.63. The summed E-state index contributed by atoms with van der Waals surface area (Å²) < 4.78 is 0. The molecule has 0 saturated carbocycles. The molecule has 0 aliphatic carbocycles. The van der Waals surface area contributed by atoms with Crippen molar-refractivity contribution >= 4 is 11.7 Å². The number of carbonyl (C=O) groups excluding carboxylic acids is 1. The van der Waals surface area contributed by atoms with Crippen LogP contribution in [-0.2, 0) is 6.42 Å². The molecule has 132 valence electrons. The van der Waals surface area contributed by atoms with Crippen LogP contribution in [0.4, 0.5) is 5.82 Å². The van der Waals surface area contributed by atoms with Crippen LogP contribution in [0.1, 0.15) is 54.2 Å². The highest BCUT2D eigenvalue weighted by molar-refractivity contribution is 5.90. The Balaban J connectivity index is 1.53. The lowest BCUT2D eigenvalue weighted by atomic mass is 9.89. The molecule has 0 unspecified atom stereocenters. The zero-order valence-corrected chi connectivity index (χ0v) is 15.0. The second kappa shape index (κ2) is 7.64. The largest absolute Gasteiger partial charge is 0.364 e. The van der Waals surface area contributed by atoms with E-state index in [-0.39, 0.29) is 5.69 Å². The molecule has 2 heterocycles. The highest BCUT2D eigenvalue weighted by Gasteiger charge is 2.21. The van der Waals surface area contributed by atoms with Crippen LogP contribution in [0.5, 0.6) is 0 Å². The number of anilines is 1. The molecule has 1 aromatic carbocycles. The summed E-state index contributed by atoms with van der Waals surface area (Å²) in [4.78, 5) is 13.3. The van der Waals surface area contributed by atoms with Crippen molar-refractivity contribution in [3.05, 3.63) is 53.2 Å². The molecule has 2 N–H and O–H groups in total. The van der Waals surface area contributed by atoms with Crippen molar-refractivity contribution in [3.8, 4) is 0 Å². The second-order valence-corrected chi connectivity index (χ2v) is 7.17. The minimum atomic E-state index is -0.541. The maximum absolute atomic E-state index is 11.1. The number of benzene rings is 1. The first-order valence-electron chi connectivity index (χ1n) is 9.00. The molecule has 0 spiro atoms. The molecule has 1 aliphatic heterocycles. The van der Waals surface area contributed by atoms with Crippen LogP contribution in [-0.4, -0.2) is 29.2 Å². The number of nitrogens with zero attached hydrogens (tertiary/aromatic N) is 3. The number of amides is 1. The maximum atomic E-state index is 11.1. The van der Waals surface area contributed by atoms with Gasteiger partial charge in [-0.15, -0.1) is 10.2 Å². The average molecular weight is 338 g/mol. The molecular formula is C20H26N4O. The third kappa shape index (κ3) is 4.35. The SMILES string of the molecule is CC(C)c1ccc(CC2CCN(c3ccc(C(N)=O)nn3)CC2)cc1. The van der Waals surface area contributed by atoms with Gasteiger partial charge in [-0.2, -0.15) is 0 Å². The number of nitrogens with two attached hydrogens (primary N) is 1. The quantitative estimate of drug-likeness (QED) is 0.909. The fraction of sp³-hybridized carbons (Fsp3) is 0.450. The molecule has 2 aromatic rings. The van der Waals surface area contributed by atoms with Gasteiger partial charge in [0.1, 0.15) is 0 Å². The van der Waals surface area contributed by atoms with Gasteiger partial charge in [-0.1, -0.05) is 38.1 Å². The third-order valence-electron chi connectivity index (χ3n) is 5.01. The highest BCUT2D eigenvalue weighted by atomic mass is 16.1.